The van der Waals surface area contributed by atoms with Crippen LogP contribution in [0.1, 0.15) is 16.1 Å². The smallest absolute Gasteiger partial charge is 0.339 e. The lowest BCUT2D eigenvalue weighted by atomic mass is 10.2. The van der Waals surface area contributed by atoms with E-state index in [1.807, 2.05) is 49.0 Å². The van der Waals surface area contributed by atoms with Gasteiger partial charge in [0.15, 0.2) is 0 Å². The Labute approximate surface area is 138 Å². The van der Waals surface area contributed by atoms with Crippen LogP contribution in [0.3, 0.4) is 0 Å². The number of rotatable bonds is 2. The van der Waals surface area contributed by atoms with Gasteiger partial charge in [-0.05, 0) is 31.2 Å². The van der Waals surface area contributed by atoms with E-state index in [1.165, 1.54) is 12.1 Å². The van der Waals surface area contributed by atoms with Gasteiger partial charge < -0.3 is 10.2 Å². The molecule has 0 radical (unpaired) electrons. The summed E-state index contributed by atoms with van der Waals surface area (Å²) in [5.41, 5.74) is 1.80. The summed E-state index contributed by atoms with van der Waals surface area (Å²) in [6.45, 7) is 1.92. The van der Waals surface area contributed by atoms with Crippen LogP contribution in [0.25, 0.3) is 5.69 Å². The van der Waals surface area contributed by atoms with Gasteiger partial charge >= 0.3 is 5.97 Å². The van der Waals surface area contributed by atoms with E-state index in [2.05, 4.69) is 0 Å². The number of benzene rings is 2. The largest absolute Gasteiger partial charge is 0.507 e. The second-order valence-corrected chi connectivity index (χ2v) is 5.12. The minimum absolute atomic E-state index is 0.0104. The molecule has 0 aliphatic rings. The molecule has 6 heteroatoms. The quantitative estimate of drug-likeness (QED) is 0.758. The second kappa shape index (κ2) is 7.32. The molecule has 0 atom stereocenters. The summed E-state index contributed by atoms with van der Waals surface area (Å²) in [7, 11) is 1.88. The first-order chi connectivity index (χ1) is 11.4. The molecule has 0 unspecified atom stereocenters. The van der Waals surface area contributed by atoms with Crippen molar-refractivity contribution in [3.8, 4) is 11.4 Å². The zero-order valence-corrected chi connectivity index (χ0v) is 13.4. The number of carbonyl (C=O) groups is 1. The zero-order chi connectivity index (χ0) is 17.7. The van der Waals surface area contributed by atoms with Gasteiger partial charge in [-0.1, -0.05) is 30.3 Å². The maximum Gasteiger partial charge on any atom is 0.339 e. The predicted molar refractivity (Wildman–Crippen MR) is 90.8 cm³/mol. The molecule has 1 heterocycles. The predicted octanol–water partition coefficient (Wildman–Crippen LogP) is 2.57. The third kappa shape index (κ3) is 3.73. The molecule has 124 valence electrons. The third-order valence-corrected chi connectivity index (χ3v) is 3.49. The van der Waals surface area contributed by atoms with Gasteiger partial charge in [-0.25, -0.2) is 9.48 Å². The van der Waals surface area contributed by atoms with E-state index in [9.17, 15) is 9.59 Å². The lowest BCUT2D eigenvalue weighted by Crippen LogP contribution is -2.18. The zero-order valence-electron chi connectivity index (χ0n) is 13.4. The van der Waals surface area contributed by atoms with E-state index in [0.29, 0.717) is 0 Å². The van der Waals surface area contributed by atoms with E-state index in [4.69, 9.17) is 10.2 Å². The topological polar surface area (TPSA) is 84.5 Å². The minimum Gasteiger partial charge on any atom is -0.507 e. The van der Waals surface area contributed by atoms with Gasteiger partial charge in [-0.15, -0.1) is 0 Å². The van der Waals surface area contributed by atoms with Crippen molar-refractivity contribution in [2.24, 2.45) is 7.05 Å². The van der Waals surface area contributed by atoms with Crippen LogP contribution >= 0.6 is 0 Å². The van der Waals surface area contributed by atoms with Crippen LogP contribution < -0.4 is 5.56 Å². The molecule has 0 saturated heterocycles. The molecule has 0 aliphatic heterocycles. The van der Waals surface area contributed by atoms with Gasteiger partial charge in [0.1, 0.15) is 11.3 Å². The fourth-order valence-corrected chi connectivity index (χ4v) is 2.16. The van der Waals surface area contributed by atoms with E-state index < -0.39 is 5.97 Å². The SMILES string of the molecule is Cc1cc(=O)n(-c2ccccc2)n1C.O=C(O)c1ccccc1O. The van der Waals surface area contributed by atoms with Crippen molar-refractivity contribution in [2.75, 3.05) is 0 Å². The first-order valence-corrected chi connectivity index (χ1v) is 7.24. The van der Waals surface area contributed by atoms with E-state index >= 15 is 0 Å². The fraction of sp³-hybridized carbons (Fsp3) is 0.111. The maximum absolute atomic E-state index is 11.6. The molecule has 3 aromatic rings. The van der Waals surface area contributed by atoms with Gasteiger partial charge in [0, 0.05) is 18.8 Å². The minimum atomic E-state index is -1.11. The molecule has 0 aliphatic carbocycles. The van der Waals surface area contributed by atoms with Crippen LogP contribution in [0.15, 0.2) is 65.5 Å². The number of aryl methyl sites for hydroxylation is 1. The Bertz CT molecular complexity index is 895. The fourth-order valence-electron chi connectivity index (χ4n) is 2.16. The first-order valence-electron chi connectivity index (χ1n) is 7.24. The first kappa shape index (κ1) is 17.1. The number of aromatic hydroxyl groups is 1. The summed E-state index contributed by atoms with van der Waals surface area (Å²) in [6, 6.07) is 17.1. The molecule has 24 heavy (non-hydrogen) atoms. The Kier molecular flexibility index (Phi) is 5.21. The molecular formula is C18H18N2O4. The number of carboxylic acid groups (broad SMARTS) is 1. The van der Waals surface area contributed by atoms with Crippen molar-refractivity contribution in [1.29, 1.82) is 0 Å². The molecule has 2 aromatic carbocycles. The van der Waals surface area contributed by atoms with E-state index in [1.54, 1.807) is 22.9 Å². The van der Waals surface area contributed by atoms with Gasteiger partial charge in [-0.2, -0.15) is 0 Å². The number of hydrogen-bond acceptors (Lipinski definition) is 3. The molecule has 1 aromatic heterocycles. The van der Waals surface area contributed by atoms with Gasteiger partial charge in [0.05, 0.1) is 5.69 Å². The summed E-state index contributed by atoms with van der Waals surface area (Å²) in [5.74, 6) is -1.31. The van der Waals surface area contributed by atoms with Crippen LogP contribution in [0.2, 0.25) is 0 Å². The summed E-state index contributed by atoms with van der Waals surface area (Å²) in [6.07, 6.45) is 0. The average molecular weight is 326 g/mol. The molecule has 0 fully saturated rings. The molecule has 0 amide bonds. The normalized spacial score (nSPS) is 9.92. The lowest BCUT2D eigenvalue weighted by Gasteiger charge is -2.07. The van der Waals surface area contributed by atoms with Crippen LogP contribution in [0.4, 0.5) is 0 Å². The van der Waals surface area contributed by atoms with Gasteiger partial charge in [0.25, 0.3) is 5.56 Å². The molecule has 0 spiro atoms. The molecule has 6 nitrogen and oxygen atoms in total. The highest BCUT2D eigenvalue weighted by Crippen LogP contribution is 2.14. The number of hydrogen-bond donors (Lipinski definition) is 2. The summed E-state index contributed by atoms with van der Waals surface area (Å²) < 4.78 is 3.49. The highest BCUT2D eigenvalue weighted by molar-refractivity contribution is 5.90. The number of phenols is 1. The van der Waals surface area contributed by atoms with Crippen LogP contribution in [0.5, 0.6) is 5.75 Å². The van der Waals surface area contributed by atoms with Crippen LogP contribution in [-0.4, -0.2) is 25.5 Å². The molecule has 3 rings (SSSR count). The van der Waals surface area contributed by atoms with E-state index in [0.717, 1.165) is 11.4 Å². The van der Waals surface area contributed by atoms with Crippen molar-refractivity contribution in [2.45, 2.75) is 6.92 Å². The summed E-state index contributed by atoms with van der Waals surface area (Å²) in [5, 5.41) is 17.3. The van der Waals surface area contributed by atoms with Crippen LogP contribution in [0, 0.1) is 6.92 Å². The van der Waals surface area contributed by atoms with Crippen molar-refractivity contribution in [3.63, 3.8) is 0 Å². The summed E-state index contributed by atoms with van der Waals surface area (Å²) >= 11 is 0. The number of para-hydroxylation sites is 2. The van der Waals surface area contributed by atoms with Crippen molar-refractivity contribution < 1.29 is 15.0 Å². The second-order valence-electron chi connectivity index (χ2n) is 5.12. The number of aromatic carboxylic acids is 1. The third-order valence-electron chi connectivity index (χ3n) is 3.49. The van der Waals surface area contributed by atoms with Crippen molar-refractivity contribution >= 4 is 5.97 Å². The molecule has 2 N–H and O–H groups in total. The standard InChI is InChI=1S/C11H12N2O.C7H6O3/c1-9-8-11(14)13(12(9)2)10-6-4-3-5-7-10;8-6-4-2-1-3-5(6)7(9)10/h3-8H,1-2H3;1-4,8H,(H,9,10). The average Bonchev–Trinajstić information content (AvgIpc) is 2.81. The van der Waals surface area contributed by atoms with Crippen molar-refractivity contribution in [1.82, 2.24) is 9.36 Å². The van der Waals surface area contributed by atoms with Gasteiger partial charge in [0.2, 0.25) is 0 Å². The highest BCUT2D eigenvalue weighted by Gasteiger charge is 2.06. The highest BCUT2D eigenvalue weighted by atomic mass is 16.4. The molecular weight excluding hydrogens is 308 g/mol. The maximum atomic E-state index is 11.6. The van der Waals surface area contributed by atoms with Crippen molar-refractivity contribution in [3.05, 3.63) is 82.3 Å². The Morgan fingerprint density at radius 3 is 2.04 bits per heavy atom. The Morgan fingerprint density at radius 1 is 1.00 bits per heavy atom. The number of aromatic nitrogens is 2. The Morgan fingerprint density at radius 2 is 1.58 bits per heavy atom. The Balaban J connectivity index is 0.000000185. The monoisotopic (exact) mass is 326 g/mol. The van der Waals surface area contributed by atoms with Gasteiger partial charge in [-0.3, -0.25) is 9.48 Å². The summed E-state index contributed by atoms with van der Waals surface area (Å²) in [4.78, 5) is 21.9. The molecule has 0 saturated carbocycles. The van der Waals surface area contributed by atoms with E-state index in [-0.39, 0.29) is 16.9 Å². The number of nitrogens with zero attached hydrogens (tertiary/aromatic N) is 2. The molecule has 0 bridgehead atoms. The Hall–Kier alpha value is -3.28. The number of carboxylic acids is 1. The lowest BCUT2D eigenvalue weighted by molar-refractivity contribution is 0.0693. The van der Waals surface area contributed by atoms with Crippen LogP contribution in [-0.2, 0) is 7.05 Å².